The summed E-state index contributed by atoms with van der Waals surface area (Å²) in [6.07, 6.45) is 5.34. The molecule has 2 rings (SSSR count). The number of aromatic nitrogens is 2. The molecule has 0 saturated heterocycles. The highest BCUT2D eigenvalue weighted by Gasteiger charge is 2.03. The highest BCUT2D eigenvalue weighted by atomic mass is 79.9. The maximum atomic E-state index is 4.21. The number of hydrogen-bond donors (Lipinski definition) is 0. The van der Waals surface area contributed by atoms with Gasteiger partial charge in [0.25, 0.3) is 0 Å². The fourth-order valence-electron chi connectivity index (χ4n) is 0.905. The Morgan fingerprint density at radius 3 is 2.92 bits per heavy atom. The molecule has 0 aliphatic rings. The fraction of sp³-hybridized carbons (Fsp3) is 0. The molecule has 2 nitrogen and oxygen atoms in total. The maximum absolute atomic E-state index is 4.21. The SMILES string of the molecule is Brc1cnccc1-c1nccs1. The van der Waals surface area contributed by atoms with Crippen LogP contribution < -0.4 is 0 Å². The lowest BCUT2D eigenvalue weighted by molar-refractivity contribution is 1.30. The third-order valence-electron chi connectivity index (χ3n) is 1.44. The van der Waals surface area contributed by atoms with Gasteiger partial charge in [-0.2, -0.15) is 0 Å². The van der Waals surface area contributed by atoms with Crippen LogP contribution in [0.1, 0.15) is 0 Å². The molecule has 0 spiro atoms. The molecule has 0 saturated carbocycles. The molecule has 0 aliphatic carbocycles. The molecule has 2 heterocycles. The first kappa shape index (κ1) is 7.89. The van der Waals surface area contributed by atoms with Crippen LogP contribution in [0.25, 0.3) is 10.6 Å². The Hall–Kier alpha value is -0.740. The number of thiazole rings is 1. The van der Waals surface area contributed by atoms with Crippen molar-refractivity contribution in [2.45, 2.75) is 0 Å². The van der Waals surface area contributed by atoms with Crippen LogP contribution in [0.4, 0.5) is 0 Å². The maximum Gasteiger partial charge on any atom is 0.124 e. The van der Waals surface area contributed by atoms with E-state index in [0.717, 1.165) is 15.0 Å². The molecule has 0 fully saturated rings. The van der Waals surface area contributed by atoms with E-state index in [9.17, 15) is 0 Å². The fourth-order valence-corrected chi connectivity index (χ4v) is 2.15. The molecule has 0 N–H and O–H groups in total. The van der Waals surface area contributed by atoms with Crippen LogP contribution in [0, 0.1) is 0 Å². The van der Waals surface area contributed by atoms with Crippen LogP contribution >= 0.6 is 27.3 Å². The Balaban J connectivity index is 2.55. The van der Waals surface area contributed by atoms with Crippen molar-refractivity contribution in [3.63, 3.8) is 0 Å². The zero-order valence-electron chi connectivity index (χ0n) is 6.07. The molecule has 0 aliphatic heterocycles. The smallest absolute Gasteiger partial charge is 0.124 e. The minimum atomic E-state index is 0.986. The van der Waals surface area contributed by atoms with E-state index in [1.807, 2.05) is 11.4 Å². The van der Waals surface area contributed by atoms with E-state index in [0.29, 0.717) is 0 Å². The molecule has 4 heteroatoms. The summed E-state index contributed by atoms with van der Waals surface area (Å²) in [6, 6.07) is 1.95. The summed E-state index contributed by atoms with van der Waals surface area (Å²) in [5.41, 5.74) is 1.10. The van der Waals surface area contributed by atoms with Gasteiger partial charge in [-0.3, -0.25) is 4.98 Å². The lowest BCUT2D eigenvalue weighted by Gasteiger charge is -1.97. The van der Waals surface area contributed by atoms with Crippen LogP contribution in [0.2, 0.25) is 0 Å². The third kappa shape index (κ3) is 1.40. The van der Waals surface area contributed by atoms with Crippen molar-refractivity contribution < 1.29 is 0 Å². The Labute approximate surface area is 82.4 Å². The molecule has 0 amide bonds. The minimum absolute atomic E-state index is 0.986. The molecule has 2 aromatic heterocycles. The Morgan fingerprint density at radius 2 is 2.25 bits per heavy atom. The second kappa shape index (κ2) is 3.33. The van der Waals surface area contributed by atoms with Crippen LogP contribution in [-0.2, 0) is 0 Å². The topological polar surface area (TPSA) is 25.8 Å². The molecular weight excluding hydrogens is 236 g/mol. The van der Waals surface area contributed by atoms with Gasteiger partial charge in [0.2, 0.25) is 0 Å². The van der Waals surface area contributed by atoms with Gasteiger partial charge in [-0.25, -0.2) is 4.98 Å². The summed E-state index contributed by atoms with van der Waals surface area (Å²) in [5.74, 6) is 0. The van der Waals surface area contributed by atoms with Gasteiger partial charge in [-0.1, -0.05) is 0 Å². The van der Waals surface area contributed by atoms with Crippen molar-refractivity contribution in [3.05, 3.63) is 34.5 Å². The van der Waals surface area contributed by atoms with Gasteiger partial charge >= 0.3 is 0 Å². The van der Waals surface area contributed by atoms with Gasteiger partial charge in [0, 0.05) is 34.0 Å². The summed E-state index contributed by atoms with van der Waals surface area (Å²) >= 11 is 5.04. The number of rotatable bonds is 1. The summed E-state index contributed by atoms with van der Waals surface area (Å²) in [5, 5.41) is 2.98. The molecule has 12 heavy (non-hydrogen) atoms. The summed E-state index contributed by atoms with van der Waals surface area (Å²) in [6.45, 7) is 0. The second-order valence-electron chi connectivity index (χ2n) is 2.19. The van der Waals surface area contributed by atoms with E-state index in [1.54, 1.807) is 29.9 Å². The largest absolute Gasteiger partial charge is 0.264 e. The number of hydrogen-bond acceptors (Lipinski definition) is 3. The first-order valence-corrected chi connectivity index (χ1v) is 5.04. The third-order valence-corrected chi connectivity index (χ3v) is 2.87. The average molecular weight is 241 g/mol. The normalized spacial score (nSPS) is 10.1. The van der Waals surface area contributed by atoms with Crippen molar-refractivity contribution in [1.29, 1.82) is 0 Å². The summed E-state index contributed by atoms with van der Waals surface area (Å²) < 4.78 is 0.986. The minimum Gasteiger partial charge on any atom is -0.264 e. The summed E-state index contributed by atoms with van der Waals surface area (Å²) in [7, 11) is 0. The molecule has 0 radical (unpaired) electrons. The molecule has 0 aromatic carbocycles. The van der Waals surface area contributed by atoms with Crippen molar-refractivity contribution in [1.82, 2.24) is 9.97 Å². The van der Waals surface area contributed by atoms with Crippen molar-refractivity contribution in [2.24, 2.45) is 0 Å². The summed E-state index contributed by atoms with van der Waals surface area (Å²) in [4.78, 5) is 8.19. The number of halogens is 1. The van der Waals surface area contributed by atoms with E-state index >= 15 is 0 Å². The van der Waals surface area contributed by atoms with E-state index < -0.39 is 0 Å². The average Bonchev–Trinajstić information content (AvgIpc) is 2.57. The molecular formula is C8H5BrN2S. The lowest BCUT2D eigenvalue weighted by Crippen LogP contribution is -1.78. The van der Waals surface area contributed by atoms with Crippen LogP contribution in [0.5, 0.6) is 0 Å². The van der Waals surface area contributed by atoms with Gasteiger partial charge in [-0.15, -0.1) is 11.3 Å². The molecule has 2 aromatic rings. The van der Waals surface area contributed by atoms with Crippen LogP contribution in [0.15, 0.2) is 34.5 Å². The van der Waals surface area contributed by atoms with Gasteiger partial charge < -0.3 is 0 Å². The highest BCUT2D eigenvalue weighted by Crippen LogP contribution is 2.28. The van der Waals surface area contributed by atoms with Crippen molar-refractivity contribution in [2.75, 3.05) is 0 Å². The monoisotopic (exact) mass is 240 g/mol. The Bertz CT molecular complexity index is 372. The quantitative estimate of drug-likeness (QED) is 0.767. The van der Waals surface area contributed by atoms with Crippen LogP contribution in [-0.4, -0.2) is 9.97 Å². The first-order chi connectivity index (χ1) is 5.88. The van der Waals surface area contributed by atoms with E-state index in [4.69, 9.17) is 0 Å². The Kier molecular flexibility index (Phi) is 2.19. The second-order valence-corrected chi connectivity index (χ2v) is 3.94. The van der Waals surface area contributed by atoms with Gasteiger partial charge in [-0.05, 0) is 22.0 Å². The van der Waals surface area contributed by atoms with Gasteiger partial charge in [0.05, 0.1) is 0 Å². The van der Waals surface area contributed by atoms with E-state index in [2.05, 4.69) is 25.9 Å². The zero-order chi connectivity index (χ0) is 8.39. The number of nitrogens with zero attached hydrogens (tertiary/aromatic N) is 2. The van der Waals surface area contributed by atoms with Gasteiger partial charge in [0.15, 0.2) is 0 Å². The van der Waals surface area contributed by atoms with Crippen LogP contribution in [0.3, 0.4) is 0 Å². The van der Waals surface area contributed by atoms with Gasteiger partial charge in [0.1, 0.15) is 5.01 Å². The first-order valence-electron chi connectivity index (χ1n) is 3.37. The number of pyridine rings is 1. The molecule has 60 valence electrons. The van der Waals surface area contributed by atoms with Crippen molar-refractivity contribution in [3.8, 4) is 10.6 Å². The lowest BCUT2D eigenvalue weighted by atomic mass is 10.3. The molecule has 0 unspecified atom stereocenters. The molecule has 0 atom stereocenters. The zero-order valence-corrected chi connectivity index (χ0v) is 8.47. The van der Waals surface area contributed by atoms with Crippen molar-refractivity contribution >= 4 is 27.3 Å². The van der Waals surface area contributed by atoms with E-state index in [-0.39, 0.29) is 0 Å². The predicted octanol–water partition coefficient (Wildman–Crippen LogP) is 2.97. The Morgan fingerprint density at radius 1 is 1.33 bits per heavy atom. The predicted molar refractivity (Wildman–Crippen MR) is 53.0 cm³/mol. The molecule has 0 bridgehead atoms. The highest BCUT2D eigenvalue weighted by molar-refractivity contribution is 9.10. The standard InChI is InChI=1S/C8H5BrN2S/c9-7-5-10-2-1-6(7)8-11-3-4-12-8/h1-5H. The van der Waals surface area contributed by atoms with E-state index in [1.165, 1.54) is 0 Å².